The van der Waals surface area contributed by atoms with Crippen LogP contribution in [0.5, 0.6) is 0 Å². The van der Waals surface area contributed by atoms with Gasteiger partial charge in [0.25, 0.3) is 0 Å². The van der Waals surface area contributed by atoms with Gasteiger partial charge in [-0.25, -0.2) is 0 Å². The zero-order valence-electron chi connectivity index (χ0n) is 15.6. The average molecular weight is 425 g/mol. The number of pyridine rings is 2. The van der Waals surface area contributed by atoms with Gasteiger partial charge in [0.1, 0.15) is 0 Å². The van der Waals surface area contributed by atoms with Gasteiger partial charge in [0.2, 0.25) is 0 Å². The van der Waals surface area contributed by atoms with Gasteiger partial charge in [-0.1, -0.05) is 48.0 Å². The molecule has 3 heteroatoms. The fraction of sp³-hybridized carbons (Fsp3) is 0.120. The standard InChI is InChI=1S/C25H17BrN2/c1-25(2)21-8-7-14(26)11-19(21)20-12-17-15-5-3-9-27-23(15)24-16(6-4-10-28-24)18(17)13-22(20)25/h3-13H,1-2H3. The molecule has 6 rings (SSSR count). The third-order valence-corrected chi connectivity index (χ3v) is 6.69. The van der Waals surface area contributed by atoms with Crippen LogP contribution in [-0.2, 0) is 5.41 Å². The van der Waals surface area contributed by atoms with Crippen molar-refractivity contribution in [2.24, 2.45) is 0 Å². The third-order valence-electron chi connectivity index (χ3n) is 6.20. The van der Waals surface area contributed by atoms with E-state index in [2.05, 4.69) is 82.2 Å². The number of benzene rings is 3. The van der Waals surface area contributed by atoms with E-state index in [1.165, 1.54) is 38.4 Å². The van der Waals surface area contributed by atoms with Gasteiger partial charge in [0, 0.05) is 33.1 Å². The second-order valence-corrected chi connectivity index (χ2v) is 8.97. The Morgan fingerprint density at radius 1 is 0.679 bits per heavy atom. The molecule has 28 heavy (non-hydrogen) atoms. The third kappa shape index (κ3) is 1.97. The first kappa shape index (κ1) is 16.2. The van der Waals surface area contributed by atoms with E-state index >= 15 is 0 Å². The van der Waals surface area contributed by atoms with E-state index in [0.717, 1.165) is 20.9 Å². The largest absolute Gasteiger partial charge is 0.254 e. The molecule has 1 aliphatic rings. The molecule has 0 aliphatic heterocycles. The average Bonchev–Trinajstić information content (AvgIpc) is 2.93. The van der Waals surface area contributed by atoms with Crippen molar-refractivity contribution in [3.63, 3.8) is 0 Å². The molecule has 0 fully saturated rings. The molecule has 2 aromatic heterocycles. The van der Waals surface area contributed by atoms with Crippen molar-refractivity contribution >= 4 is 48.5 Å². The van der Waals surface area contributed by atoms with Crippen LogP contribution in [0.2, 0.25) is 0 Å². The lowest BCUT2D eigenvalue weighted by Gasteiger charge is -2.22. The van der Waals surface area contributed by atoms with Crippen LogP contribution in [0, 0.1) is 0 Å². The SMILES string of the molecule is CC1(C)c2ccc(Br)cc2-c2cc3c(cc21)c1cccnc1c1ncccc31. The lowest BCUT2D eigenvalue weighted by Crippen LogP contribution is -2.14. The van der Waals surface area contributed by atoms with E-state index in [9.17, 15) is 0 Å². The van der Waals surface area contributed by atoms with Crippen molar-refractivity contribution in [2.75, 3.05) is 0 Å². The van der Waals surface area contributed by atoms with Gasteiger partial charge in [-0.15, -0.1) is 0 Å². The summed E-state index contributed by atoms with van der Waals surface area (Å²) in [6.07, 6.45) is 3.71. The Labute approximate surface area is 171 Å². The van der Waals surface area contributed by atoms with E-state index in [0.29, 0.717) is 0 Å². The Balaban J connectivity index is 1.86. The number of nitrogens with zero attached hydrogens (tertiary/aromatic N) is 2. The summed E-state index contributed by atoms with van der Waals surface area (Å²) in [6.45, 7) is 4.64. The minimum Gasteiger partial charge on any atom is -0.254 e. The number of aromatic nitrogens is 2. The lowest BCUT2D eigenvalue weighted by molar-refractivity contribution is 0.661. The van der Waals surface area contributed by atoms with E-state index in [4.69, 9.17) is 0 Å². The Hall–Kier alpha value is -2.78. The molecule has 2 nitrogen and oxygen atoms in total. The molecule has 0 amide bonds. The summed E-state index contributed by atoms with van der Waals surface area (Å²) in [5.41, 5.74) is 7.31. The minimum atomic E-state index is -0.0298. The zero-order chi connectivity index (χ0) is 19.0. The number of halogens is 1. The maximum atomic E-state index is 4.67. The molecule has 0 saturated carbocycles. The van der Waals surface area contributed by atoms with Gasteiger partial charge in [-0.05, 0) is 69.4 Å². The first-order valence-corrected chi connectivity index (χ1v) is 10.2. The Morgan fingerprint density at radius 3 is 1.96 bits per heavy atom. The van der Waals surface area contributed by atoms with Crippen molar-refractivity contribution < 1.29 is 0 Å². The van der Waals surface area contributed by atoms with Gasteiger partial charge in [0.05, 0.1) is 11.0 Å². The van der Waals surface area contributed by atoms with Crippen molar-refractivity contribution in [3.05, 3.63) is 82.6 Å². The highest BCUT2D eigenvalue weighted by atomic mass is 79.9. The van der Waals surface area contributed by atoms with Gasteiger partial charge in [-0.3, -0.25) is 9.97 Å². The molecule has 0 unspecified atom stereocenters. The second kappa shape index (κ2) is 5.39. The predicted octanol–water partition coefficient (Wildman–Crippen LogP) is 7.01. The zero-order valence-corrected chi connectivity index (χ0v) is 17.2. The highest BCUT2D eigenvalue weighted by Gasteiger charge is 2.36. The van der Waals surface area contributed by atoms with Crippen LogP contribution in [0.1, 0.15) is 25.0 Å². The Morgan fingerprint density at radius 2 is 1.29 bits per heavy atom. The maximum absolute atomic E-state index is 4.67. The first-order chi connectivity index (χ1) is 13.6. The smallest absolute Gasteiger partial charge is 0.0970 e. The maximum Gasteiger partial charge on any atom is 0.0970 e. The molecule has 0 bridgehead atoms. The first-order valence-electron chi connectivity index (χ1n) is 9.46. The van der Waals surface area contributed by atoms with Crippen LogP contribution in [0.15, 0.2) is 71.5 Å². The predicted molar refractivity (Wildman–Crippen MR) is 120 cm³/mol. The molecule has 0 N–H and O–H groups in total. The van der Waals surface area contributed by atoms with Crippen molar-refractivity contribution in [3.8, 4) is 11.1 Å². The number of fused-ring (bicyclic) bond motifs is 9. The van der Waals surface area contributed by atoms with Crippen molar-refractivity contribution in [1.29, 1.82) is 0 Å². The van der Waals surface area contributed by atoms with Crippen LogP contribution < -0.4 is 0 Å². The topological polar surface area (TPSA) is 25.8 Å². The molecule has 2 heterocycles. The summed E-state index contributed by atoms with van der Waals surface area (Å²) >= 11 is 3.66. The second-order valence-electron chi connectivity index (χ2n) is 8.06. The van der Waals surface area contributed by atoms with Crippen LogP contribution in [-0.4, -0.2) is 9.97 Å². The molecule has 0 saturated heterocycles. The fourth-order valence-electron chi connectivity index (χ4n) is 4.84. The Kier molecular flexibility index (Phi) is 3.12. The van der Waals surface area contributed by atoms with Crippen molar-refractivity contribution in [2.45, 2.75) is 19.3 Å². The normalized spacial score (nSPS) is 14.5. The summed E-state index contributed by atoms with van der Waals surface area (Å²) < 4.78 is 1.12. The molecule has 1 aliphatic carbocycles. The molecule has 0 radical (unpaired) electrons. The minimum absolute atomic E-state index is 0.0298. The highest BCUT2D eigenvalue weighted by molar-refractivity contribution is 9.10. The molecule has 3 aromatic carbocycles. The van der Waals surface area contributed by atoms with Gasteiger partial charge in [0.15, 0.2) is 0 Å². The van der Waals surface area contributed by atoms with Crippen molar-refractivity contribution in [1.82, 2.24) is 9.97 Å². The summed E-state index contributed by atoms with van der Waals surface area (Å²) in [5.74, 6) is 0. The monoisotopic (exact) mass is 424 g/mol. The van der Waals surface area contributed by atoms with Gasteiger partial charge in [-0.2, -0.15) is 0 Å². The van der Waals surface area contributed by atoms with E-state index in [1.54, 1.807) is 0 Å². The fourth-order valence-corrected chi connectivity index (χ4v) is 5.20. The van der Waals surface area contributed by atoms with Crippen LogP contribution in [0.25, 0.3) is 43.7 Å². The van der Waals surface area contributed by atoms with Crippen LogP contribution in [0.4, 0.5) is 0 Å². The van der Waals surface area contributed by atoms with Gasteiger partial charge >= 0.3 is 0 Å². The van der Waals surface area contributed by atoms with E-state index < -0.39 is 0 Å². The summed E-state index contributed by atoms with van der Waals surface area (Å²) in [6, 6.07) is 19.7. The summed E-state index contributed by atoms with van der Waals surface area (Å²) in [5, 5.41) is 4.82. The molecule has 5 aromatic rings. The summed E-state index contributed by atoms with van der Waals surface area (Å²) in [7, 11) is 0. The van der Waals surface area contributed by atoms with E-state index in [-0.39, 0.29) is 5.41 Å². The van der Waals surface area contributed by atoms with Crippen LogP contribution >= 0.6 is 15.9 Å². The highest BCUT2D eigenvalue weighted by Crippen LogP contribution is 2.51. The number of hydrogen-bond donors (Lipinski definition) is 0. The molecule has 0 atom stereocenters. The molecule has 134 valence electrons. The van der Waals surface area contributed by atoms with E-state index in [1.807, 2.05) is 24.5 Å². The summed E-state index contributed by atoms with van der Waals surface area (Å²) in [4.78, 5) is 9.34. The van der Waals surface area contributed by atoms with Gasteiger partial charge < -0.3 is 0 Å². The number of rotatable bonds is 0. The molecular formula is C25H17BrN2. The molecular weight excluding hydrogens is 408 g/mol. The quantitative estimate of drug-likeness (QED) is 0.250. The Bertz CT molecular complexity index is 1450. The van der Waals surface area contributed by atoms with Crippen LogP contribution in [0.3, 0.4) is 0 Å². The number of hydrogen-bond acceptors (Lipinski definition) is 2. The lowest BCUT2D eigenvalue weighted by atomic mass is 9.81. The molecule has 0 spiro atoms.